The van der Waals surface area contributed by atoms with Crippen LogP contribution in [0.4, 0.5) is 17.6 Å². The first kappa shape index (κ1) is 24.3. The summed E-state index contributed by atoms with van der Waals surface area (Å²) in [6.45, 7) is 4.52. The zero-order valence-electron chi connectivity index (χ0n) is 18.9. The number of aryl methyl sites for hydroxylation is 2. The summed E-state index contributed by atoms with van der Waals surface area (Å²) >= 11 is 1.40. The molecule has 1 aliphatic heterocycles. The largest absolute Gasteiger partial charge is 0.417 e. The summed E-state index contributed by atoms with van der Waals surface area (Å²) in [4.78, 5) is 24.7. The smallest absolute Gasteiger partial charge is 0.334 e. The van der Waals surface area contributed by atoms with Crippen molar-refractivity contribution in [3.63, 3.8) is 0 Å². The molecule has 2 aromatic heterocycles. The van der Waals surface area contributed by atoms with Crippen molar-refractivity contribution >= 4 is 17.2 Å². The van der Waals surface area contributed by atoms with Gasteiger partial charge in [0.15, 0.2) is 0 Å². The molecule has 0 aliphatic carbocycles. The lowest BCUT2D eigenvalue weighted by Crippen LogP contribution is -2.48. The van der Waals surface area contributed by atoms with E-state index in [0.29, 0.717) is 35.7 Å². The first-order valence-electron chi connectivity index (χ1n) is 11.2. The van der Waals surface area contributed by atoms with Crippen LogP contribution in [0.1, 0.15) is 52.9 Å². The van der Waals surface area contributed by atoms with E-state index in [1.165, 1.54) is 29.5 Å². The highest BCUT2D eigenvalue weighted by Gasteiger charge is 2.35. The molecule has 9 heteroatoms. The van der Waals surface area contributed by atoms with Crippen molar-refractivity contribution in [2.45, 2.75) is 51.7 Å². The van der Waals surface area contributed by atoms with Crippen LogP contribution in [0.2, 0.25) is 0 Å². The van der Waals surface area contributed by atoms with Gasteiger partial charge in [0, 0.05) is 24.5 Å². The third-order valence-electron chi connectivity index (χ3n) is 6.27. The second-order valence-corrected chi connectivity index (χ2v) is 9.88. The summed E-state index contributed by atoms with van der Waals surface area (Å²) in [7, 11) is 0. The minimum Gasteiger partial charge on any atom is -0.334 e. The van der Waals surface area contributed by atoms with Gasteiger partial charge in [-0.2, -0.15) is 13.2 Å². The number of nitrogens with zero attached hydrogens (tertiary/aromatic N) is 3. The van der Waals surface area contributed by atoms with Crippen molar-refractivity contribution in [2.24, 2.45) is 5.92 Å². The first-order chi connectivity index (χ1) is 16.1. The summed E-state index contributed by atoms with van der Waals surface area (Å²) in [5.74, 6) is -0.276. The van der Waals surface area contributed by atoms with E-state index in [-0.39, 0.29) is 23.7 Å². The Labute approximate surface area is 199 Å². The normalized spacial score (nSPS) is 18.8. The summed E-state index contributed by atoms with van der Waals surface area (Å²) in [6.07, 6.45) is -0.652. The number of hydrogen-bond acceptors (Lipinski definition) is 4. The number of carbonyl (C=O) groups excluding carboxylic acids is 1. The van der Waals surface area contributed by atoms with Crippen LogP contribution in [0.25, 0.3) is 10.4 Å². The quantitative estimate of drug-likeness (QED) is 0.381. The van der Waals surface area contributed by atoms with Crippen molar-refractivity contribution in [2.75, 3.05) is 6.54 Å². The Balaban J connectivity index is 1.54. The van der Waals surface area contributed by atoms with Crippen molar-refractivity contribution in [3.05, 3.63) is 70.4 Å². The molecule has 180 valence electrons. The lowest BCUT2D eigenvalue weighted by molar-refractivity contribution is -0.137. The average molecular weight is 492 g/mol. The number of pyridine rings is 1. The Morgan fingerprint density at radius 2 is 1.91 bits per heavy atom. The molecule has 0 N–H and O–H groups in total. The zero-order chi connectivity index (χ0) is 24.5. The van der Waals surface area contributed by atoms with Gasteiger partial charge in [-0.3, -0.25) is 9.78 Å². The van der Waals surface area contributed by atoms with Gasteiger partial charge in [0.1, 0.15) is 11.5 Å². The number of piperidine rings is 1. The Bertz CT molecular complexity index is 1140. The molecule has 1 saturated heterocycles. The van der Waals surface area contributed by atoms with Crippen LogP contribution < -0.4 is 0 Å². The number of aromatic nitrogens is 2. The molecule has 4 nitrogen and oxygen atoms in total. The van der Waals surface area contributed by atoms with E-state index >= 15 is 0 Å². The fraction of sp³-hybridized carbons (Fsp3) is 0.400. The maximum absolute atomic E-state index is 13.7. The minimum absolute atomic E-state index is 0.0755. The van der Waals surface area contributed by atoms with Crippen LogP contribution in [-0.4, -0.2) is 33.4 Å². The van der Waals surface area contributed by atoms with Crippen molar-refractivity contribution in [1.82, 2.24) is 14.9 Å². The molecule has 0 saturated carbocycles. The maximum Gasteiger partial charge on any atom is 0.417 e. The molecule has 1 fully saturated rings. The zero-order valence-corrected chi connectivity index (χ0v) is 19.7. The maximum atomic E-state index is 13.7. The number of hydrogen-bond donors (Lipinski definition) is 0. The Morgan fingerprint density at radius 1 is 1.18 bits per heavy atom. The van der Waals surface area contributed by atoms with Gasteiger partial charge < -0.3 is 4.90 Å². The van der Waals surface area contributed by atoms with E-state index in [2.05, 4.69) is 16.9 Å². The van der Waals surface area contributed by atoms with E-state index in [4.69, 9.17) is 0 Å². The number of carbonyl (C=O) groups is 1. The molecule has 0 radical (unpaired) electrons. The van der Waals surface area contributed by atoms with E-state index in [1.54, 1.807) is 12.1 Å². The number of alkyl halides is 3. The van der Waals surface area contributed by atoms with Crippen LogP contribution in [0.15, 0.2) is 42.6 Å². The first-order valence-corrected chi connectivity index (χ1v) is 12.0. The highest BCUT2D eigenvalue weighted by molar-refractivity contribution is 7.15. The van der Waals surface area contributed by atoms with Crippen LogP contribution in [-0.2, 0) is 12.6 Å². The molecule has 0 bridgehead atoms. The summed E-state index contributed by atoms with van der Waals surface area (Å²) in [5, 5.41) is 0.748. The number of amides is 1. The summed E-state index contributed by atoms with van der Waals surface area (Å²) in [5.41, 5.74) is 0.896. The van der Waals surface area contributed by atoms with Gasteiger partial charge in [-0.1, -0.05) is 19.1 Å². The monoisotopic (exact) mass is 491 g/mol. The average Bonchev–Trinajstić information content (AvgIpc) is 3.19. The Hall–Kier alpha value is -2.81. The molecular weight excluding hydrogens is 466 g/mol. The van der Waals surface area contributed by atoms with Crippen molar-refractivity contribution in [1.29, 1.82) is 0 Å². The minimum atomic E-state index is -4.42. The van der Waals surface area contributed by atoms with Crippen LogP contribution in [0.3, 0.4) is 0 Å². The predicted octanol–water partition coefficient (Wildman–Crippen LogP) is 6.54. The second kappa shape index (κ2) is 9.82. The number of likely N-dealkylation sites (tertiary alicyclic amines) is 1. The molecule has 3 aromatic rings. The van der Waals surface area contributed by atoms with Gasteiger partial charge in [0.25, 0.3) is 5.91 Å². The van der Waals surface area contributed by atoms with Crippen LogP contribution in [0.5, 0.6) is 0 Å². The topological polar surface area (TPSA) is 46.1 Å². The van der Waals surface area contributed by atoms with E-state index in [0.717, 1.165) is 35.7 Å². The second-order valence-electron chi connectivity index (χ2n) is 8.68. The van der Waals surface area contributed by atoms with Gasteiger partial charge in [0.2, 0.25) is 0 Å². The third kappa shape index (κ3) is 5.29. The molecule has 2 atom stereocenters. The van der Waals surface area contributed by atoms with Crippen LogP contribution >= 0.6 is 11.3 Å². The predicted molar refractivity (Wildman–Crippen MR) is 123 cm³/mol. The third-order valence-corrected chi connectivity index (χ3v) is 7.29. The van der Waals surface area contributed by atoms with Gasteiger partial charge in [0.05, 0.1) is 15.4 Å². The number of thiazole rings is 1. The van der Waals surface area contributed by atoms with Gasteiger partial charge in [-0.25, -0.2) is 9.37 Å². The molecule has 4 rings (SSSR count). The summed E-state index contributed by atoms with van der Waals surface area (Å²) < 4.78 is 51.9. The van der Waals surface area contributed by atoms with Gasteiger partial charge in [-0.05, 0) is 68.4 Å². The van der Waals surface area contributed by atoms with E-state index in [1.807, 2.05) is 11.8 Å². The van der Waals surface area contributed by atoms with E-state index < -0.39 is 11.7 Å². The molecule has 1 amide bonds. The number of halogens is 4. The lowest BCUT2D eigenvalue weighted by atomic mass is 9.87. The molecule has 3 heterocycles. The Morgan fingerprint density at radius 3 is 2.56 bits per heavy atom. The Kier molecular flexibility index (Phi) is 7.02. The molecule has 1 aliphatic rings. The standard InChI is InChI=1S/C25H25F4N3OS/c1-15-4-3-13-32(21(15)12-11-20-10-7-18(14-30-20)25(27,28)29)24(33)22-23(34-16(2)31-22)17-5-8-19(26)9-6-17/h5-10,14-15,21H,3-4,11-13H2,1-2H3/t15-,21-/m0/s1. The van der Waals surface area contributed by atoms with E-state index in [9.17, 15) is 22.4 Å². The van der Waals surface area contributed by atoms with Gasteiger partial charge in [-0.15, -0.1) is 11.3 Å². The van der Waals surface area contributed by atoms with Crippen molar-refractivity contribution < 1.29 is 22.4 Å². The van der Waals surface area contributed by atoms with Crippen LogP contribution in [0, 0.1) is 18.7 Å². The lowest BCUT2D eigenvalue weighted by Gasteiger charge is -2.40. The SMILES string of the molecule is Cc1nc(C(=O)N2CCC[C@H](C)[C@@H]2CCc2ccc(C(F)(F)F)cn2)c(-c2ccc(F)cc2)s1. The van der Waals surface area contributed by atoms with Gasteiger partial charge >= 0.3 is 6.18 Å². The molecular formula is C25H25F4N3OS. The molecule has 0 spiro atoms. The molecule has 0 unspecified atom stereocenters. The summed E-state index contributed by atoms with van der Waals surface area (Å²) in [6, 6.07) is 8.38. The molecule has 1 aromatic carbocycles. The highest BCUT2D eigenvalue weighted by Crippen LogP contribution is 2.34. The number of benzene rings is 1. The van der Waals surface area contributed by atoms with Crippen molar-refractivity contribution in [3.8, 4) is 10.4 Å². The fourth-order valence-corrected chi connectivity index (χ4v) is 5.40. The number of rotatable bonds is 5. The fourth-order valence-electron chi connectivity index (χ4n) is 4.48. The highest BCUT2D eigenvalue weighted by atomic mass is 32.1. The molecule has 34 heavy (non-hydrogen) atoms.